The monoisotopic (exact) mass is 298 g/mol. The van der Waals surface area contributed by atoms with Crippen LogP contribution in [0.3, 0.4) is 0 Å². The molecule has 0 saturated heterocycles. The zero-order chi connectivity index (χ0) is 15.0. The number of nitrogen functional groups attached to an aromatic ring is 1. The second-order valence-electron chi connectivity index (χ2n) is 5.41. The molecule has 0 radical (unpaired) electrons. The number of alkyl halides is 3. The smallest absolute Gasteiger partial charge is 0.306 e. The van der Waals surface area contributed by atoms with Crippen LogP contribution >= 0.6 is 0 Å². The first-order valence-electron chi connectivity index (χ1n) is 7.07. The van der Waals surface area contributed by atoms with E-state index in [2.05, 4.69) is 10.4 Å². The number of hydrazine groups is 1. The Hall–Kier alpha value is -1.76. The van der Waals surface area contributed by atoms with Crippen molar-refractivity contribution in [2.75, 3.05) is 5.43 Å². The number of hydrogen-bond donors (Lipinski definition) is 2. The highest BCUT2D eigenvalue weighted by Gasteiger charge is 2.35. The van der Waals surface area contributed by atoms with Gasteiger partial charge in [0.2, 0.25) is 5.95 Å². The van der Waals surface area contributed by atoms with Gasteiger partial charge in [-0.2, -0.15) is 13.2 Å². The highest BCUT2D eigenvalue weighted by atomic mass is 19.4. The van der Waals surface area contributed by atoms with Crippen LogP contribution in [0.25, 0.3) is 11.0 Å². The van der Waals surface area contributed by atoms with Crippen molar-refractivity contribution in [2.45, 2.75) is 44.3 Å². The Labute approximate surface area is 120 Å². The predicted octanol–water partition coefficient (Wildman–Crippen LogP) is 3.85. The molecule has 0 atom stereocenters. The molecular weight excluding hydrogens is 281 g/mol. The predicted molar refractivity (Wildman–Crippen MR) is 74.7 cm³/mol. The average Bonchev–Trinajstić information content (AvgIpc) is 2.85. The van der Waals surface area contributed by atoms with Crippen molar-refractivity contribution in [1.82, 2.24) is 9.55 Å². The van der Waals surface area contributed by atoms with E-state index in [0.29, 0.717) is 11.5 Å². The Morgan fingerprint density at radius 1 is 1.19 bits per heavy atom. The van der Waals surface area contributed by atoms with Crippen LogP contribution in [0.5, 0.6) is 0 Å². The molecule has 1 aliphatic carbocycles. The molecule has 0 aliphatic heterocycles. The number of rotatable bonds is 2. The summed E-state index contributed by atoms with van der Waals surface area (Å²) in [5, 5.41) is 0. The lowest BCUT2D eigenvalue weighted by molar-refractivity contribution is -0.136. The van der Waals surface area contributed by atoms with E-state index in [0.717, 1.165) is 38.2 Å². The van der Waals surface area contributed by atoms with Gasteiger partial charge in [-0.15, -0.1) is 0 Å². The van der Waals surface area contributed by atoms with Gasteiger partial charge in [0.25, 0.3) is 0 Å². The van der Waals surface area contributed by atoms with Crippen LogP contribution in [0.4, 0.5) is 19.1 Å². The highest BCUT2D eigenvalue weighted by Crippen LogP contribution is 2.40. The third-order valence-corrected chi connectivity index (χ3v) is 4.08. The van der Waals surface area contributed by atoms with E-state index in [9.17, 15) is 13.2 Å². The summed E-state index contributed by atoms with van der Waals surface area (Å²) in [7, 11) is 0. The molecule has 114 valence electrons. The molecule has 4 nitrogen and oxygen atoms in total. The lowest BCUT2D eigenvalue weighted by Crippen LogP contribution is -2.20. The summed E-state index contributed by atoms with van der Waals surface area (Å²) in [5.74, 6) is 5.77. The minimum Gasteiger partial charge on any atom is -0.306 e. The second-order valence-corrected chi connectivity index (χ2v) is 5.41. The van der Waals surface area contributed by atoms with Crippen LogP contribution in [-0.2, 0) is 6.18 Å². The topological polar surface area (TPSA) is 55.9 Å². The third-order valence-electron chi connectivity index (χ3n) is 4.08. The third kappa shape index (κ3) is 2.46. The Kier molecular flexibility index (Phi) is 3.52. The molecule has 1 heterocycles. The van der Waals surface area contributed by atoms with Crippen LogP contribution in [0.1, 0.15) is 43.7 Å². The molecule has 3 rings (SSSR count). The molecular formula is C14H17F3N4. The van der Waals surface area contributed by atoms with Gasteiger partial charge >= 0.3 is 6.18 Å². The van der Waals surface area contributed by atoms with Gasteiger partial charge in [-0.1, -0.05) is 25.3 Å². The number of aromatic nitrogens is 2. The van der Waals surface area contributed by atoms with Gasteiger partial charge in [-0.25, -0.2) is 10.8 Å². The van der Waals surface area contributed by atoms with Gasteiger partial charge < -0.3 is 4.57 Å². The van der Waals surface area contributed by atoms with Crippen LogP contribution in [0.15, 0.2) is 18.2 Å². The largest absolute Gasteiger partial charge is 0.418 e. The van der Waals surface area contributed by atoms with Crippen LogP contribution in [0.2, 0.25) is 0 Å². The summed E-state index contributed by atoms with van der Waals surface area (Å²) in [6.45, 7) is 0. The molecule has 2 aromatic rings. The van der Waals surface area contributed by atoms with Crippen molar-refractivity contribution < 1.29 is 13.2 Å². The van der Waals surface area contributed by atoms with E-state index in [1.807, 2.05) is 0 Å². The fourth-order valence-corrected chi connectivity index (χ4v) is 3.17. The van der Waals surface area contributed by atoms with Crippen molar-refractivity contribution >= 4 is 17.0 Å². The molecule has 1 aromatic heterocycles. The maximum absolute atomic E-state index is 13.3. The lowest BCUT2D eigenvalue weighted by Gasteiger charge is -2.26. The number of imidazole rings is 1. The van der Waals surface area contributed by atoms with Crippen molar-refractivity contribution in [3.63, 3.8) is 0 Å². The number of hydrogen-bond acceptors (Lipinski definition) is 3. The minimum atomic E-state index is -4.40. The van der Waals surface area contributed by atoms with Crippen molar-refractivity contribution in [1.29, 1.82) is 0 Å². The molecule has 0 unspecified atom stereocenters. The molecule has 1 aromatic carbocycles. The maximum atomic E-state index is 13.3. The number of anilines is 1. The first-order valence-corrected chi connectivity index (χ1v) is 7.07. The molecule has 1 aliphatic rings. The van der Waals surface area contributed by atoms with Crippen LogP contribution < -0.4 is 11.3 Å². The van der Waals surface area contributed by atoms with Gasteiger partial charge in [-0.05, 0) is 25.0 Å². The Bertz CT molecular complexity index is 641. The zero-order valence-corrected chi connectivity index (χ0v) is 11.5. The molecule has 0 spiro atoms. The number of para-hydroxylation sites is 1. The molecule has 0 bridgehead atoms. The lowest BCUT2D eigenvalue weighted by atomic mass is 9.95. The number of nitrogens with two attached hydrogens (primary N) is 1. The van der Waals surface area contributed by atoms with E-state index in [-0.39, 0.29) is 11.6 Å². The van der Waals surface area contributed by atoms with Crippen LogP contribution in [-0.4, -0.2) is 9.55 Å². The maximum Gasteiger partial charge on any atom is 0.418 e. The number of nitrogens with one attached hydrogen (secondary N) is 1. The van der Waals surface area contributed by atoms with Crippen molar-refractivity contribution in [3.05, 3.63) is 23.8 Å². The summed E-state index contributed by atoms with van der Waals surface area (Å²) >= 11 is 0. The number of halogens is 3. The Morgan fingerprint density at radius 2 is 1.90 bits per heavy atom. The van der Waals surface area contributed by atoms with Crippen molar-refractivity contribution in [3.8, 4) is 0 Å². The van der Waals surface area contributed by atoms with E-state index in [4.69, 9.17) is 5.84 Å². The van der Waals surface area contributed by atoms with Gasteiger partial charge in [0.15, 0.2) is 0 Å². The minimum absolute atomic E-state index is 0.0123. The van der Waals surface area contributed by atoms with E-state index < -0.39 is 11.7 Å². The summed E-state index contributed by atoms with van der Waals surface area (Å²) in [6, 6.07) is 4.08. The highest BCUT2D eigenvalue weighted by molar-refractivity contribution is 5.83. The number of fused-ring (bicyclic) bond motifs is 1. The SMILES string of the molecule is NNc1nc2cccc(C(F)(F)F)c2n1C1CCCCC1. The van der Waals surface area contributed by atoms with Gasteiger partial charge in [0.1, 0.15) is 0 Å². The molecule has 1 fully saturated rings. The van der Waals surface area contributed by atoms with Gasteiger partial charge in [-0.3, -0.25) is 5.43 Å². The Morgan fingerprint density at radius 3 is 2.52 bits per heavy atom. The van der Waals surface area contributed by atoms with E-state index in [1.165, 1.54) is 6.07 Å². The molecule has 1 saturated carbocycles. The Balaban J connectivity index is 2.24. The van der Waals surface area contributed by atoms with Gasteiger partial charge in [0, 0.05) is 6.04 Å². The van der Waals surface area contributed by atoms with Crippen LogP contribution in [0, 0.1) is 0 Å². The first-order chi connectivity index (χ1) is 10.0. The molecule has 7 heteroatoms. The second kappa shape index (κ2) is 5.22. The van der Waals surface area contributed by atoms with E-state index in [1.54, 1.807) is 10.6 Å². The van der Waals surface area contributed by atoms with Gasteiger partial charge in [0.05, 0.1) is 16.6 Å². The molecule has 21 heavy (non-hydrogen) atoms. The normalized spacial score (nSPS) is 17.3. The molecule has 0 amide bonds. The quantitative estimate of drug-likeness (QED) is 0.654. The summed E-state index contributed by atoms with van der Waals surface area (Å²) < 4.78 is 41.5. The fraction of sp³-hybridized carbons (Fsp3) is 0.500. The molecule has 3 N–H and O–H groups in total. The fourth-order valence-electron chi connectivity index (χ4n) is 3.17. The van der Waals surface area contributed by atoms with Crippen molar-refractivity contribution in [2.24, 2.45) is 5.84 Å². The summed E-state index contributed by atoms with van der Waals surface area (Å²) in [6.07, 6.45) is 0.461. The number of nitrogens with zero attached hydrogens (tertiary/aromatic N) is 2. The standard InChI is InChI=1S/C14H17F3N4/c15-14(16,17)10-7-4-8-11-12(10)21(13(19-11)20-18)9-5-2-1-3-6-9/h4,7-9H,1-3,5-6,18H2,(H,19,20). The van der Waals surface area contributed by atoms with E-state index >= 15 is 0 Å². The average molecular weight is 298 g/mol. The summed E-state index contributed by atoms with van der Waals surface area (Å²) in [5.41, 5.74) is 2.24. The number of benzene rings is 1. The summed E-state index contributed by atoms with van der Waals surface area (Å²) in [4.78, 5) is 4.21. The first kappa shape index (κ1) is 14.2. The zero-order valence-electron chi connectivity index (χ0n) is 11.5.